The summed E-state index contributed by atoms with van der Waals surface area (Å²) in [6.45, 7) is -0.491. The quantitative estimate of drug-likeness (QED) is 0.0746. The lowest BCUT2D eigenvalue weighted by molar-refractivity contribution is -0.0451. The number of thiol groups is 2. The van der Waals surface area contributed by atoms with E-state index in [9.17, 15) is 28.3 Å². The minimum absolute atomic E-state index is 0.00336. The Kier molecular flexibility index (Phi) is 16.6. The number of anilines is 2. The zero-order chi connectivity index (χ0) is 52.5. The summed E-state index contributed by atoms with van der Waals surface area (Å²) in [6.07, 6.45) is -9.32. The van der Waals surface area contributed by atoms with Crippen LogP contribution in [-0.2, 0) is 50.9 Å². The fourth-order valence-corrected chi connectivity index (χ4v) is 10.6. The standard InChI is InChI=1S/C39H54F2N12O15P2S2/c1-38(2,3)65-36(56)50(7)9-11-60-34(54)48-29-25-31(44-16-42-29)52(18-46-25)21-13-20-14-62-69(58,71)68-28-22(15-63-70(59,72)67-27(20)23(21)40)64-33(24(28)41)53-19-47-26-30(43-17-45-32(26)53)49-35(55)61-12-10-51(8)37(57)66-39(4,5)6/h16-24,27-28,33H,9-15H2,1-8H3,(H,58,71)(H,59,72)(H,42,44,48,54)(H,43,45,49,55)/t20?,21-,22-,23+,24-,27-,28-,33-,69-,70-/m1/s1. The lowest BCUT2D eigenvalue weighted by Gasteiger charge is -2.29. The molecule has 1 saturated carbocycles. The van der Waals surface area contributed by atoms with E-state index >= 15 is 8.78 Å². The molecular weight excluding hydrogens is 1040 g/mol. The van der Waals surface area contributed by atoms with Crippen LogP contribution < -0.4 is 10.6 Å². The number of nitrogens with zero attached hydrogens (tertiary/aromatic N) is 10. The fourth-order valence-electron chi connectivity index (χ4n) is 7.53. The highest BCUT2D eigenvalue weighted by Crippen LogP contribution is 2.61. The maximum absolute atomic E-state index is 16.7. The van der Waals surface area contributed by atoms with Gasteiger partial charge in [-0.25, -0.2) is 67.0 Å². The zero-order valence-electron chi connectivity index (χ0n) is 40.0. The largest absolute Gasteiger partial charge is 0.447 e. The van der Waals surface area contributed by atoms with E-state index in [0.29, 0.717) is 0 Å². The third-order valence-electron chi connectivity index (χ3n) is 10.8. The summed E-state index contributed by atoms with van der Waals surface area (Å²) in [4.78, 5) is 77.4. The predicted octanol–water partition coefficient (Wildman–Crippen LogP) is 6.52. The number of rotatable bonds is 10. The number of imidazole rings is 2. The van der Waals surface area contributed by atoms with Crippen molar-refractivity contribution in [1.82, 2.24) is 48.8 Å². The molecule has 4 aromatic rings. The van der Waals surface area contributed by atoms with Gasteiger partial charge in [-0.15, -0.1) is 0 Å². The van der Waals surface area contributed by atoms with Crippen molar-refractivity contribution in [2.75, 3.05) is 64.2 Å². The first-order chi connectivity index (χ1) is 33.7. The van der Waals surface area contributed by atoms with Crippen molar-refractivity contribution in [2.24, 2.45) is 5.92 Å². The third kappa shape index (κ3) is 13.4. The second-order valence-electron chi connectivity index (χ2n) is 18.6. The first-order valence-corrected chi connectivity index (χ1v) is 27.4. The minimum atomic E-state index is -4.52. The van der Waals surface area contributed by atoms with Gasteiger partial charge in [0.2, 0.25) is 0 Å². The lowest BCUT2D eigenvalue weighted by Crippen LogP contribution is -2.36. The second-order valence-corrected chi connectivity index (χ2v) is 24.4. The second kappa shape index (κ2) is 21.8. The molecule has 1 aliphatic carbocycles. The van der Waals surface area contributed by atoms with E-state index in [2.05, 4.69) is 65.0 Å². The summed E-state index contributed by atoms with van der Waals surface area (Å²) in [5.41, 5.74) is -1.39. The number of amides is 4. The van der Waals surface area contributed by atoms with Gasteiger partial charge in [0.15, 0.2) is 46.4 Å². The molecule has 2 saturated heterocycles. The Bertz CT molecular complexity index is 2570. The number of carbonyl (C=O) groups excluding carboxylic acids is 4. The van der Waals surface area contributed by atoms with Gasteiger partial charge < -0.3 is 42.6 Å². The Morgan fingerprint density at radius 1 is 0.722 bits per heavy atom. The van der Waals surface area contributed by atoms with Crippen LogP contribution in [0.4, 0.5) is 39.6 Å². The van der Waals surface area contributed by atoms with Crippen LogP contribution in [0.3, 0.4) is 0 Å². The van der Waals surface area contributed by atoms with E-state index in [1.54, 1.807) is 41.5 Å². The fraction of sp³-hybridized carbons (Fsp3) is 0.641. The molecule has 6 heterocycles. The normalized spacial score (nSPS) is 27.9. The molecule has 3 fully saturated rings. The summed E-state index contributed by atoms with van der Waals surface area (Å²) >= 11 is 8.22. The Labute approximate surface area is 420 Å². The van der Waals surface area contributed by atoms with Crippen molar-refractivity contribution in [3.8, 4) is 0 Å². The number of alkyl halides is 2. The van der Waals surface area contributed by atoms with Gasteiger partial charge in [0, 0.05) is 20.0 Å². The van der Waals surface area contributed by atoms with Crippen LogP contribution in [0.25, 0.3) is 22.3 Å². The number of fused-ring (bicyclic) bond motifs is 4. The summed E-state index contributed by atoms with van der Waals surface area (Å²) in [6, 6.07) is -1.14. The van der Waals surface area contributed by atoms with E-state index in [1.807, 2.05) is 0 Å². The van der Waals surface area contributed by atoms with Gasteiger partial charge in [-0.1, -0.05) is 24.5 Å². The molecule has 1 unspecified atom stereocenters. The molecule has 10 atom stereocenters. The number of likely N-dealkylation sites (N-methyl/N-ethyl adjacent to an activating group) is 2. The van der Waals surface area contributed by atoms with Crippen LogP contribution in [0.1, 0.15) is 60.2 Å². The van der Waals surface area contributed by atoms with Gasteiger partial charge in [0.25, 0.3) is 0 Å². The number of hydrogen-bond acceptors (Lipinski definition) is 21. The monoisotopic (exact) mass is 1090 g/mol. The van der Waals surface area contributed by atoms with Crippen molar-refractivity contribution in [3.63, 3.8) is 0 Å². The topological polar surface area (TPSA) is 303 Å². The third-order valence-corrected chi connectivity index (χ3v) is 14.1. The Morgan fingerprint density at radius 3 is 1.71 bits per heavy atom. The number of ether oxygens (including phenoxy) is 5. The summed E-state index contributed by atoms with van der Waals surface area (Å²) in [5.74, 6) is -1.24. The van der Waals surface area contributed by atoms with Crippen molar-refractivity contribution in [1.29, 1.82) is 0 Å². The molecule has 33 heteroatoms. The summed E-state index contributed by atoms with van der Waals surface area (Å²) in [7, 11) is 2.95. The van der Waals surface area contributed by atoms with Crippen LogP contribution in [-0.4, -0.2) is 169 Å². The first kappa shape index (κ1) is 54.8. The average Bonchev–Trinajstić information content (AvgIpc) is 4.05. The van der Waals surface area contributed by atoms with E-state index in [4.69, 9.17) is 41.8 Å². The molecule has 0 spiro atoms. The van der Waals surface area contributed by atoms with E-state index in [-0.39, 0.29) is 66.7 Å². The summed E-state index contributed by atoms with van der Waals surface area (Å²) in [5, 5.41) is 4.89. The van der Waals surface area contributed by atoms with E-state index in [0.717, 1.165) is 23.5 Å². The molecule has 7 rings (SSSR count). The van der Waals surface area contributed by atoms with Crippen molar-refractivity contribution in [3.05, 3.63) is 25.3 Å². The van der Waals surface area contributed by atoms with Crippen LogP contribution in [0, 0.1) is 5.92 Å². The highest BCUT2D eigenvalue weighted by atomic mass is 32.7. The van der Waals surface area contributed by atoms with Crippen LogP contribution >= 0.6 is 38.1 Å². The SMILES string of the molecule is CN(CCOC(=O)Nc1ncnc2c1ncn2[C@@H]1CC2CO[P@@](=O)(S)O[C@H]3[C@@H](F)[C@H](n4cnc5c(NC(=O)OCCN(C)C(=O)OC(C)(C)C)ncnc54)O[C@@H]3CO[P@@](=O)(S)O[C@H]2[C@H]1F)C(=O)OC(C)(C)C. The Morgan fingerprint density at radius 2 is 1.19 bits per heavy atom. The minimum Gasteiger partial charge on any atom is -0.447 e. The van der Waals surface area contributed by atoms with Gasteiger partial charge in [-0.3, -0.25) is 28.8 Å². The van der Waals surface area contributed by atoms with Crippen molar-refractivity contribution < 1.29 is 78.9 Å². The number of halogens is 2. The number of nitrogens with one attached hydrogen (secondary N) is 2. The molecule has 0 bridgehead atoms. The van der Waals surface area contributed by atoms with Crippen molar-refractivity contribution in [2.45, 2.75) is 102 Å². The average molecular weight is 1100 g/mol. The van der Waals surface area contributed by atoms with Gasteiger partial charge in [-0.2, -0.15) is 0 Å². The number of carbonyl (C=O) groups is 4. The maximum Gasteiger partial charge on any atom is 0.412 e. The van der Waals surface area contributed by atoms with Gasteiger partial charge in [0.1, 0.15) is 61.6 Å². The number of hydrogen-bond donors (Lipinski definition) is 4. The zero-order valence-corrected chi connectivity index (χ0v) is 43.6. The van der Waals surface area contributed by atoms with E-state index < -0.39 is 111 Å². The molecule has 0 aromatic carbocycles. The van der Waals surface area contributed by atoms with Crippen LogP contribution in [0.2, 0.25) is 0 Å². The molecule has 0 radical (unpaired) electrons. The van der Waals surface area contributed by atoms with Gasteiger partial charge in [0.05, 0.1) is 45.0 Å². The molecule has 2 aliphatic heterocycles. The molecule has 27 nitrogen and oxygen atoms in total. The van der Waals surface area contributed by atoms with Gasteiger partial charge in [-0.05, 0) is 48.0 Å². The Balaban J connectivity index is 0.998. The maximum atomic E-state index is 16.7. The molecule has 4 amide bonds. The predicted molar refractivity (Wildman–Crippen MR) is 254 cm³/mol. The van der Waals surface area contributed by atoms with Crippen molar-refractivity contribution >= 4 is 96.4 Å². The molecule has 3 aliphatic rings. The first-order valence-electron chi connectivity index (χ1n) is 22.0. The number of aromatic nitrogens is 8. The summed E-state index contributed by atoms with van der Waals surface area (Å²) < 4.78 is 113. The highest BCUT2D eigenvalue weighted by Gasteiger charge is 2.54. The lowest BCUT2D eigenvalue weighted by atomic mass is 10.1. The molecule has 2 N–H and O–H groups in total. The van der Waals surface area contributed by atoms with Crippen LogP contribution in [0.5, 0.6) is 0 Å². The van der Waals surface area contributed by atoms with Gasteiger partial charge >= 0.3 is 38.0 Å². The molecular formula is C39H54F2N12O15P2S2. The highest BCUT2D eigenvalue weighted by molar-refractivity contribution is 8.44. The molecule has 396 valence electrons. The Hall–Kier alpha value is -5.00. The smallest absolute Gasteiger partial charge is 0.412 e. The van der Waals surface area contributed by atoms with E-state index in [1.165, 1.54) is 34.8 Å². The van der Waals surface area contributed by atoms with Crippen LogP contribution in [0.15, 0.2) is 25.3 Å². The molecule has 4 aromatic heterocycles. The molecule has 72 heavy (non-hydrogen) atoms.